The molecule has 0 radical (unpaired) electrons. The predicted molar refractivity (Wildman–Crippen MR) is 108 cm³/mol. The van der Waals surface area contributed by atoms with E-state index in [0.717, 1.165) is 34.3 Å². The van der Waals surface area contributed by atoms with Crippen LogP contribution in [0.5, 0.6) is 0 Å². The first-order chi connectivity index (χ1) is 14.8. The molecular formula is C23H18F3N3O2. The molecular weight excluding hydrogens is 407 g/mol. The zero-order valence-electron chi connectivity index (χ0n) is 16.5. The largest absolute Gasteiger partial charge is 0.416 e. The summed E-state index contributed by atoms with van der Waals surface area (Å²) < 4.78 is 45.3. The van der Waals surface area contributed by atoms with E-state index in [1.165, 1.54) is 12.1 Å². The lowest BCUT2D eigenvalue weighted by Gasteiger charge is -2.36. The van der Waals surface area contributed by atoms with E-state index in [4.69, 9.17) is 4.52 Å². The van der Waals surface area contributed by atoms with E-state index in [-0.39, 0.29) is 11.6 Å². The maximum absolute atomic E-state index is 13.4. The van der Waals surface area contributed by atoms with Gasteiger partial charge in [-0.25, -0.2) is 0 Å². The van der Waals surface area contributed by atoms with Crippen molar-refractivity contribution in [3.05, 3.63) is 88.4 Å². The number of hydrogen-bond acceptors (Lipinski definition) is 3. The van der Waals surface area contributed by atoms with Crippen molar-refractivity contribution in [2.75, 3.05) is 6.54 Å². The van der Waals surface area contributed by atoms with E-state index in [1.807, 2.05) is 24.3 Å². The molecule has 2 aromatic heterocycles. The minimum atomic E-state index is -4.48. The van der Waals surface area contributed by atoms with Crippen molar-refractivity contribution in [2.45, 2.75) is 25.6 Å². The lowest BCUT2D eigenvalue weighted by molar-refractivity contribution is -0.137. The average molecular weight is 425 g/mol. The molecule has 0 bridgehead atoms. The summed E-state index contributed by atoms with van der Waals surface area (Å²) in [5.74, 6) is 0.103. The fraction of sp³-hybridized carbons (Fsp3) is 0.217. The molecule has 5 nitrogen and oxygen atoms in total. The molecule has 5 rings (SSSR count). The summed E-state index contributed by atoms with van der Waals surface area (Å²) >= 11 is 0. The van der Waals surface area contributed by atoms with Crippen LogP contribution in [0.15, 0.2) is 59.1 Å². The first-order valence-electron chi connectivity index (χ1n) is 9.84. The van der Waals surface area contributed by atoms with Crippen LogP contribution in [-0.4, -0.2) is 27.5 Å². The SMILES string of the molecule is Cc1cc(C(=O)N2CCc3c([nH]c4ccccc34)[C@H]2c2cccc(C(F)(F)F)c2)no1. The van der Waals surface area contributed by atoms with Crippen molar-refractivity contribution in [2.24, 2.45) is 0 Å². The highest BCUT2D eigenvalue weighted by Crippen LogP contribution is 2.40. The minimum absolute atomic E-state index is 0.133. The van der Waals surface area contributed by atoms with Crippen LogP contribution in [0.1, 0.15) is 44.7 Å². The van der Waals surface area contributed by atoms with Crippen LogP contribution in [-0.2, 0) is 12.6 Å². The molecule has 158 valence electrons. The van der Waals surface area contributed by atoms with E-state index >= 15 is 0 Å². The lowest BCUT2D eigenvalue weighted by Crippen LogP contribution is -2.40. The Kier molecular flexibility index (Phi) is 4.39. The second kappa shape index (κ2) is 7.01. The third kappa shape index (κ3) is 3.28. The number of fused-ring (bicyclic) bond motifs is 3. The zero-order valence-corrected chi connectivity index (χ0v) is 16.5. The van der Waals surface area contributed by atoms with Crippen LogP contribution in [0, 0.1) is 6.92 Å². The van der Waals surface area contributed by atoms with Crippen LogP contribution in [0.25, 0.3) is 10.9 Å². The maximum Gasteiger partial charge on any atom is 0.416 e. The number of amides is 1. The predicted octanol–water partition coefficient (Wildman–Crippen LogP) is 5.27. The number of alkyl halides is 3. The monoisotopic (exact) mass is 425 g/mol. The molecule has 0 fully saturated rings. The Labute approximate surface area is 175 Å². The number of para-hydroxylation sites is 1. The maximum atomic E-state index is 13.4. The van der Waals surface area contributed by atoms with E-state index in [1.54, 1.807) is 17.9 Å². The number of nitrogens with one attached hydrogen (secondary N) is 1. The number of halogens is 3. The molecule has 1 aliphatic heterocycles. The Morgan fingerprint density at radius 3 is 2.71 bits per heavy atom. The zero-order chi connectivity index (χ0) is 21.8. The lowest BCUT2D eigenvalue weighted by atomic mass is 9.91. The second-order valence-corrected chi connectivity index (χ2v) is 7.66. The number of benzene rings is 2. The molecule has 1 amide bonds. The smallest absolute Gasteiger partial charge is 0.361 e. The van der Waals surface area contributed by atoms with Gasteiger partial charge >= 0.3 is 6.18 Å². The van der Waals surface area contributed by atoms with Gasteiger partial charge in [0.15, 0.2) is 5.69 Å². The Morgan fingerprint density at radius 1 is 1.16 bits per heavy atom. The van der Waals surface area contributed by atoms with Crippen molar-refractivity contribution in [1.29, 1.82) is 0 Å². The number of hydrogen-bond donors (Lipinski definition) is 1. The van der Waals surface area contributed by atoms with Crippen molar-refractivity contribution in [3.63, 3.8) is 0 Å². The van der Waals surface area contributed by atoms with Gasteiger partial charge in [0.25, 0.3) is 5.91 Å². The number of H-pyrrole nitrogens is 1. The molecule has 0 spiro atoms. The Balaban J connectivity index is 1.68. The van der Waals surface area contributed by atoms with Crippen LogP contribution >= 0.6 is 0 Å². The van der Waals surface area contributed by atoms with Crippen LogP contribution < -0.4 is 0 Å². The third-order valence-electron chi connectivity index (χ3n) is 5.67. The van der Waals surface area contributed by atoms with Gasteiger partial charge in [-0.3, -0.25) is 4.79 Å². The standard InChI is InChI=1S/C23H18F3N3O2/c1-13-11-19(28-31-13)22(30)29-10-9-17-16-7-2-3-8-18(16)27-20(17)21(29)14-5-4-6-15(12-14)23(24,25)26/h2-8,11-12,21,27H,9-10H2,1H3/t21-/m1/s1. The summed E-state index contributed by atoms with van der Waals surface area (Å²) in [5, 5.41) is 4.83. The highest BCUT2D eigenvalue weighted by molar-refractivity contribution is 5.94. The summed E-state index contributed by atoms with van der Waals surface area (Å²) in [6, 6.07) is 13.7. The second-order valence-electron chi connectivity index (χ2n) is 7.66. The van der Waals surface area contributed by atoms with E-state index in [2.05, 4.69) is 10.1 Å². The molecule has 8 heteroatoms. The number of nitrogens with zero attached hydrogens (tertiary/aromatic N) is 2. The van der Waals surface area contributed by atoms with Gasteiger partial charge in [-0.15, -0.1) is 0 Å². The summed E-state index contributed by atoms with van der Waals surface area (Å²) in [6.07, 6.45) is -3.90. The molecule has 1 N–H and O–H groups in total. The first kappa shape index (κ1) is 19.4. The highest BCUT2D eigenvalue weighted by Gasteiger charge is 2.37. The summed E-state index contributed by atoms with van der Waals surface area (Å²) in [5.41, 5.74) is 2.39. The van der Waals surface area contributed by atoms with Gasteiger partial charge in [-0.1, -0.05) is 35.5 Å². The summed E-state index contributed by atoms with van der Waals surface area (Å²) in [4.78, 5) is 18.2. The molecule has 0 unspecified atom stereocenters. The molecule has 1 aliphatic rings. The number of carbonyl (C=O) groups is 1. The van der Waals surface area contributed by atoms with Crippen LogP contribution in [0.3, 0.4) is 0 Å². The molecule has 0 saturated carbocycles. The molecule has 0 aliphatic carbocycles. The number of carbonyl (C=O) groups excluding carboxylic acids is 1. The van der Waals surface area contributed by atoms with Gasteiger partial charge in [0.1, 0.15) is 5.76 Å². The summed E-state index contributed by atoms with van der Waals surface area (Å²) in [6.45, 7) is 2.03. The van der Waals surface area contributed by atoms with E-state index < -0.39 is 17.8 Å². The molecule has 4 aromatic rings. The Bertz CT molecular complexity index is 1290. The normalized spacial score (nSPS) is 16.5. The highest BCUT2D eigenvalue weighted by atomic mass is 19.4. The van der Waals surface area contributed by atoms with Gasteiger partial charge < -0.3 is 14.4 Å². The van der Waals surface area contributed by atoms with Crippen molar-refractivity contribution in [3.8, 4) is 0 Å². The van der Waals surface area contributed by atoms with Crippen LogP contribution in [0.4, 0.5) is 13.2 Å². The topological polar surface area (TPSA) is 62.1 Å². The average Bonchev–Trinajstić information content (AvgIpc) is 3.35. The third-order valence-corrected chi connectivity index (χ3v) is 5.67. The first-order valence-corrected chi connectivity index (χ1v) is 9.84. The van der Waals surface area contributed by atoms with Gasteiger partial charge in [0.2, 0.25) is 0 Å². The molecule has 3 heterocycles. The number of aromatic nitrogens is 2. The van der Waals surface area contributed by atoms with Crippen molar-refractivity contribution in [1.82, 2.24) is 15.0 Å². The van der Waals surface area contributed by atoms with E-state index in [0.29, 0.717) is 24.3 Å². The molecule has 2 aromatic carbocycles. The van der Waals surface area contributed by atoms with Gasteiger partial charge in [0, 0.05) is 29.2 Å². The van der Waals surface area contributed by atoms with Crippen molar-refractivity contribution < 1.29 is 22.5 Å². The number of aromatic amines is 1. The van der Waals surface area contributed by atoms with Gasteiger partial charge in [-0.05, 0) is 42.7 Å². The van der Waals surface area contributed by atoms with Crippen molar-refractivity contribution >= 4 is 16.8 Å². The molecule has 0 saturated heterocycles. The quantitative estimate of drug-likeness (QED) is 0.476. The van der Waals surface area contributed by atoms with Crippen LogP contribution in [0.2, 0.25) is 0 Å². The molecule has 1 atom stereocenters. The number of rotatable bonds is 2. The number of aryl methyl sites for hydroxylation is 1. The minimum Gasteiger partial charge on any atom is -0.361 e. The molecule has 31 heavy (non-hydrogen) atoms. The van der Waals surface area contributed by atoms with Gasteiger partial charge in [-0.2, -0.15) is 13.2 Å². The summed E-state index contributed by atoms with van der Waals surface area (Å²) in [7, 11) is 0. The van der Waals surface area contributed by atoms with E-state index in [9.17, 15) is 18.0 Å². The van der Waals surface area contributed by atoms with Gasteiger partial charge in [0.05, 0.1) is 11.6 Å². The fourth-order valence-corrected chi connectivity index (χ4v) is 4.31. The Hall–Kier alpha value is -3.55. The fourth-order valence-electron chi connectivity index (χ4n) is 4.31. The Morgan fingerprint density at radius 2 is 1.97 bits per heavy atom.